The van der Waals surface area contributed by atoms with Gasteiger partial charge in [-0.05, 0) is 50.1 Å². The third-order valence-electron chi connectivity index (χ3n) is 1.95. The van der Waals surface area contributed by atoms with Crippen molar-refractivity contribution in [2.45, 2.75) is 0 Å². The molecular weight excluding hydrogens is 416 g/mol. The summed E-state index contributed by atoms with van der Waals surface area (Å²) in [6, 6.07) is 5.81. The topological polar surface area (TPSA) is 63.8 Å². The van der Waals surface area contributed by atoms with Crippen molar-refractivity contribution in [1.82, 2.24) is 9.97 Å². The molecule has 3 N–H and O–H groups in total. The van der Waals surface area contributed by atoms with Gasteiger partial charge in [-0.15, -0.1) is 0 Å². The molecule has 2 aromatic rings. The van der Waals surface area contributed by atoms with E-state index in [1.807, 2.05) is 18.2 Å². The van der Waals surface area contributed by atoms with Crippen LogP contribution in [0.4, 0.5) is 17.5 Å². The number of nitrogens with two attached hydrogens (primary N) is 1. The predicted octanol–water partition coefficient (Wildman–Crippen LogP) is 4.09. The molecule has 0 unspecified atom stereocenters. The Bertz CT molecular complexity index is 559. The molecule has 2 rings (SSSR count). The van der Waals surface area contributed by atoms with Crippen LogP contribution < -0.4 is 11.1 Å². The van der Waals surface area contributed by atoms with Crippen LogP contribution in [0.3, 0.4) is 0 Å². The fraction of sp³-hybridized carbons (Fsp3) is 0. The van der Waals surface area contributed by atoms with Gasteiger partial charge in [0.2, 0.25) is 5.95 Å². The minimum atomic E-state index is 0.226. The van der Waals surface area contributed by atoms with Crippen molar-refractivity contribution in [2.75, 3.05) is 11.1 Å². The first kappa shape index (κ1) is 12.8. The van der Waals surface area contributed by atoms with E-state index in [2.05, 4.69) is 63.1 Å². The fourth-order valence-electron chi connectivity index (χ4n) is 1.19. The second kappa shape index (κ2) is 5.32. The van der Waals surface area contributed by atoms with E-state index >= 15 is 0 Å². The molecule has 0 saturated heterocycles. The summed E-state index contributed by atoms with van der Waals surface area (Å²) in [6.07, 6.45) is 1.61. The standard InChI is InChI=1S/C10H7Br3N4/c11-5-1-2-8(6(12)3-5)16-9-7(13)4-15-10(14)17-9/h1-4H,(H3,14,15,16,17). The lowest BCUT2D eigenvalue weighted by atomic mass is 10.3. The largest absolute Gasteiger partial charge is 0.368 e. The minimum absolute atomic E-state index is 0.226. The third-order valence-corrected chi connectivity index (χ3v) is 3.68. The zero-order valence-electron chi connectivity index (χ0n) is 8.42. The molecule has 88 valence electrons. The van der Waals surface area contributed by atoms with Gasteiger partial charge in [-0.25, -0.2) is 4.98 Å². The summed E-state index contributed by atoms with van der Waals surface area (Å²) in [6.45, 7) is 0. The number of anilines is 3. The van der Waals surface area contributed by atoms with Crippen LogP contribution in [0.15, 0.2) is 37.8 Å². The number of hydrogen-bond acceptors (Lipinski definition) is 4. The number of benzene rings is 1. The molecule has 0 aliphatic rings. The Morgan fingerprint density at radius 3 is 2.59 bits per heavy atom. The normalized spacial score (nSPS) is 10.3. The Hall–Kier alpha value is -0.660. The van der Waals surface area contributed by atoms with E-state index in [1.54, 1.807) is 6.20 Å². The van der Waals surface area contributed by atoms with Gasteiger partial charge < -0.3 is 11.1 Å². The van der Waals surface area contributed by atoms with Gasteiger partial charge in [0.15, 0.2) is 0 Å². The molecular formula is C10H7Br3N4. The predicted molar refractivity (Wildman–Crippen MR) is 79.3 cm³/mol. The Labute approximate surface area is 123 Å². The number of nitrogens with zero attached hydrogens (tertiary/aromatic N) is 2. The molecule has 1 aromatic carbocycles. The zero-order chi connectivity index (χ0) is 12.4. The van der Waals surface area contributed by atoms with Crippen molar-refractivity contribution in [1.29, 1.82) is 0 Å². The zero-order valence-corrected chi connectivity index (χ0v) is 13.2. The van der Waals surface area contributed by atoms with Crippen LogP contribution in [0.1, 0.15) is 0 Å². The highest BCUT2D eigenvalue weighted by Gasteiger charge is 2.06. The average Bonchev–Trinajstić information content (AvgIpc) is 2.27. The van der Waals surface area contributed by atoms with Crippen LogP contribution >= 0.6 is 47.8 Å². The van der Waals surface area contributed by atoms with Crippen LogP contribution in [-0.2, 0) is 0 Å². The van der Waals surface area contributed by atoms with Gasteiger partial charge in [0.05, 0.1) is 10.2 Å². The Morgan fingerprint density at radius 1 is 1.12 bits per heavy atom. The van der Waals surface area contributed by atoms with Gasteiger partial charge in [-0.2, -0.15) is 4.98 Å². The summed E-state index contributed by atoms with van der Waals surface area (Å²) >= 11 is 10.2. The van der Waals surface area contributed by atoms with Crippen LogP contribution in [0.25, 0.3) is 0 Å². The lowest BCUT2D eigenvalue weighted by molar-refractivity contribution is 1.17. The van der Waals surface area contributed by atoms with Crippen molar-refractivity contribution >= 4 is 65.2 Å². The smallest absolute Gasteiger partial charge is 0.222 e. The Morgan fingerprint density at radius 2 is 1.88 bits per heavy atom. The lowest BCUT2D eigenvalue weighted by Crippen LogP contribution is -2.00. The molecule has 1 heterocycles. The first-order chi connectivity index (χ1) is 8.06. The second-order valence-electron chi connectivity index (χ2n) is 3.17. The van der Waals surface area contributed by atoms with E-state index in [0.717, 1.165) is 19.1 Å². The van der Waals surface area contributed by atoms with Crippen LogP contribution in [0.2, 0.25) is 0 Å². The van der Waals surface area contributed by atoms with E-state index in [-0.39, 0.29) is 5.95 Å². The minimum Gasteiger partial charge on any atom is -0.368 e. The van der Waals surface area contributed by atoms with Crippen LogP contribution in [-0.4, -0.2) is 9.97 Å². The van der Waals surface area contributed by atoms with Gasteiger partial charge >= 0.3 is 0 Å². The first-order valence-corrected chi connectivity index (χ1v) is 6.94. The maximum Gasteiger partial charge on any atom is 0.222 e. The lowest BCUT2D eigenvalue weighted by Gasteiger charge is -2.09. The van der Waals surface area contributed by atoms with E-state index in [0.29, 0.717) is 5.82 Å². The maximum absolute atomic E-state index is 5.54. The highest BCUT2D eigenvalue weighted by atomic mass is 79.9. The summed E-state index contributed by atoms with van der Waals surface area (Å²) in [5.74, 6) is 0.851. The van der Waals surface area contributed by atoms with Gasteiger partial charge in [0.25, 0.3) is 0 Å². The first-order valence-electron chi connectivity index (χ1n) is 4.56. The van der Waals surface area contributed by atoms with Crippen molar-refractivity contribution in [3.63, 3.8) is 0 Å². The molecule has 7 heteroatoms. The van der Waals surface area contributed by atoms with Gasteiger partial charge in [0, 0.05) is 15.1 Å². The Balaban J connectivity index is 2.34. The van der Waals surface area contributed by atoms with E-state index in [1.165, 1.54) is 0 Å². The van der Waals surface area contributed by atoms with Gasteiger partial charge in [0.1, 0.15) is 5.82 Å². The van der Waals surface area contributed by atoms with Crippen LogP contribution in [0.5, 0.6) is 0 Å². The van der Waals surface area contributed by atoms with E-state index in [9.17, 15) is 0 Å². The van der Waals surface area contributed by atoms with Crippen molar-refractivity contribution in [3.8, 4) is 0 Å². The highest BCUT2D eigenvalue weighted by Crippen LogP contribution is 2.30. The SMILES string of the molecule is Nc1ncc(Br)c(Nc2ccc(Br)cc2Br)n1. The number of aromatic nitrogens is 2. The summed E-state index contributed by atoms with van der Waals surface area (Å²) in [5.41, 5.74) is 6.44. The molecule has 0 radical (unpaired) electrons. The molecule has 17 heavy (non-hydrogen) atoms. The summed E-state index contributed by atoms with van der Waals surface area (Å²) in [4.78, 5) is 7.99. The maximum atomic E-state index is 5.54. The number of nitrogen functional groups attached to an aromatic ring is 1. The Kier molecular flexibility index (Phi) is 4.01. The summed E-state index contributed by atoms with van der Waals surface area (Å²) in [5, 5.41) is 3.16. The molecule has 0 saturated carbocycles. The number of rotatable bonds is 2. The quantitative estimate of drug-likeness (QED) is 0.765. The van der Waals surface area contributed by atoms with Crippen molar-refractivity contribution in [3.05, 3.63) is 37.8 Å². The second-order valence-corrected chi connectivity index (χ2v) is 5.80. The molecule has 0 aliphatic carbocycles. The van der Waals surface area contributed by atoms with Crippen LogP contribution in [0, 0.1) is 0 Å². The third kappa shape index (κ3) is 3.17. The van der Waals surface area contributed by atoms with Gasteiger partial charge in [-0.3, -0.25) is 0 Å². The molecule has 0 spiro atoms. The molecule has 4 nitrogen and oxygen atoms in total. The highest BCUT2D eigenvalue weighted by molar-refractivity contribution is 9.11. The molecule has 0 fully saturated rings. The molecule has 0 aliphatic heterocycles. The molecule has 0 atom stereocenters. The number of nitrogens with one attached hydrogen (secondary N) is 1. The van der Waals surface area contributed by atoms with Crippen molar-refractivity contribution < 1.29 is 0 Å². The average molecular weight is 423 g/mol. The van der Waals surface area contributed by atoms with Crippen molar-refractivity contribution in [2.24, 2.45) is 0 Å². The monoisotopic (exact) mass is 420 g/mol. The summed E-state index contributed by atoms with van der Waals surface area (Å²) in [7, 11) is 0. The number of hydrogen-bond donors (Lipinski definition) is 2. The van der Waals surface area contributed by atoms with E-state index < -0.39 is 0 Å². The summed E-state index contributed by atoms with van der Waals surface area (Å²) < 4.78 is 2.67. The molecule has 1 aromatic heterocycles. The fourth-order valence-corrected chi connectivity index (χ4v) is 2.62. The molecule has 0 bridgehead atoms. The molecule has 0 amide bonds. The number of halogens is 3. The van der Waals surface area contributed by atoms with Gasteiger partial charge in [-0.1, -0.05) is 15.9 Å². The van der Waals surface area contributed by atoms with E-state index in [4.69, 9.17) is 5.73 Å².